The number of rotatable bonds is 2. The highest BCUT2D eigenvalue weighted by Crippen LogP contribution is 2.20. The molecule has 0 saturated carbocycles. The molecule has 0 aromatic rings. The Labute approximate surface area is 86.8 Å². The van der Waals surface area contributed by atoms with E-state index >= 15 is 0 Å². The number of halogens is 3. The Kier molecular flexibility index (Phi) is 3.96. The molecule has 0 bridgehead atoms. The van der Waals surface area contributed by atoms with Gasteiger partial charge in [0, 0.05) is 39.6 Å². The Bertz CT molecular complexity index is 222. The first-order chi connectivity index (χ1) is 6.88. The minimum Gasteiger partial charge on any atom is -0.340 e. The van der Waals surface area contributed by atoms with Gasteiger partial charge in [-0.3, -0.25) is 9.69 Å². The molecule has 0 spiro atoms. The minimum atomic E-state index is -4.09. The van der Waals surface area contributed by atoms with Crippen molar-refractivity contribution >= 4 is 5.91 Å². The SMILES string of the molecule is CC(=O)N1CCN(CCC(F)(F)F)CC1. The van der Waals surface area contributed by atoms with Gasteiger partial charge in [-0.05, 0) is 0 Å². The lowest BCUT2D eigenvalue weighted by molar-refractivity contribution is -0.141. The zero-order valence-electron chi connectivity index (χ0n) is 8.68. The van der Waals surface area contributed by atoms with Crippen molar-refractivity contribution in [1.82, 2.24) is 9.80 Å². The lowest BCUT2D eigenvalue weighted by Gasteiger charge is -2.34. The fraction of sp³-hybridized carbons (Fsp3) is 0.889. The molecule has 1 aliphatic rings. The van der Waals surface area contributed by atoms with Crippen LogP contribution in [0.4, 0.5) is 13.2 Å². The molecule has 1 heterocycles. The summed E-state index contributed by atoms with van der Waals surface area (Å²) in [6.45, 7) is 3.66. The van der Waals surface area contributed by atoms with Gasteiger partial charge in [0.25, 0.3) is 0 Å². The van der Waals surface area contributed by atoms with Crippen LogP contribution in [0.5, 0.6) is 0 Å². The van der Waals surface area contributed by atoms with Gasteiger partial charge in [0.2, 0.25) is 5.91 Å². The van der Waals surface area contributed by atoms with E-state index in [0.29, 0.717) is 26.2 Å². The molecule has 0 unspecified atom stereocenters. The van der Waals surface area contributed by atoms with Crippen LogP contribution >= 0.6 is 0 Å². The van der Waals surface area contributed by atoms with E-state index in [1.54, 1.807) is 9.80 Å². The highest BCUT2D eigenvalue weighted by molar-refractivity contribution is 5.73. The van der Waals surface area contributed by atoms with Gasteiger partial charge < -0.3 is 4.90 Å². The van der Waals surface area contributed by atoms with Crippen LogP contribution in [0.25, 0.3) is 0 Å². The number of piperazine rings is 1. The summed E-state index contributed by atoms with van der Waals surface area (Å²) in [5, 5.41) is 0. The summed E-state index contributed by atoms with van der Waals surface area (Å²) < 4.78 is 35.8. The zero-order chi connectivity index (χ0) is 11.5. The van der Waals surface area contributed by atoms with E-state index in [0.717, 1.165) is 0 Å². The summed E-state index contributed by atoms with van der Waals surface area (Å²) in [6.07, 6.45) is -4.86. The monoisotopic (exact) mass is 224 g/mol. The molecule has 6 heteroatoms. The van der Waals surface area contributed by atoms with E-state index in [1.807, 2.05) is 0 Å². The van der Waals surface area contributed by atoms with Crippen molar-refractivity contribution in [2.45, 2.75) is 19.5 Å². The summed E-state index contributed by atoms with van der Waals surface area (Å²) >= 11 is 0. The van der Waals surface area contributed by atoms with Crippen LogP contribution in [0.2, 0.25) is 0 Å². The quantitative estimate of drug-likeness (QED) is 0.701. The van der Waals surface area contributed by atoms with Gasteiger partial charge in [0.1, 0.15) is 0 Å². The Morgan fingerprint density at radius 2 is 1.73 bits per heavy atom. The van der Waals surface area contributed by atoms with Crippen molar-refractivity contribution in [3.8, 4) is 0 Å². The standard InChI is InChI=1S/C9H15F3N2O/c1-8(15)14-6-4-13(5-7-14)3-2-9(10,11)12/h2-7H2,1H3. The third-order valence-corrected chi connectivity index (χ3v) is 2.53. The summed E-state index contributed by atoms with van der Waals surface area (Å²) in [6, 6.07) is 0. The molecule has 0 atom stereocenters. The third-order valence-electron chi connectivity index (χ3n) is 2.53. The van der Waals surface area contributed by atoms with Crippen LogP contribution in [0, 0.1) is 0 Å². The molecule has 0 aromatic heterocycles. The number of alkyl halides is 3. The maximum absolute atomic E-state index is 11.9. The highest BCUT2D eigenvalue weighted by atomic mass is 19.4. The van der Waals surface area contributed by atoms with Gasteiger partial charge >= 0.3 is 6.18 Å². The van der Waals surface area contributed by atoms with Crippen LogP contribution < -0.4 is 0 Å². The molecule has 0 aliphatic carbocycles. The molecule has 0 radical (unpaired) electrons. The smallest absolute Gasteiger partial charge is 0.340 e. The summed E-state index contributed by atoms with van der Waals surface area (Å²) in [5.74, 6) is -0.00882. The first-order valence-electron chi connectivity index (χ1n) is 4.93. The van der Waals surface area contributed by atoms with Crippen LogP contribution in [0.1, 0.15) is 13.3 Å². The Balaban J connectivity index is 2.23. The molecule has 88 valence electrons. The van der Waals surface area contributed by atoms with E-state index in [1.165, 1.54) is 6.92 Å². The van der Waals surface area contributed by atoms with Gasteiger partial charge in [-0.2, -0.15) is 13.2 Å². The number of hydrogen-bond acceptors (Lipinski definition) is 2. The first-order valence-corrected chi connectivity index (χ1v) is 4.93. The van der Waals surface area contributed by atoms with E-state index in [2.05, 4.69) is 0 Å². The second kappa shape index (κ2) is 4.83. The Hall–Kier alpha value is -0.780. The van der Waals surface area contributed by atoms with Gasteiger partial charge in [-0.1, -0.05) is 0 Å². The zero-order valence-corrected chi connectivity index (χ0v) is 8.68. The second-order valence-corrected chi connectivity index (χ2v) is 3.71. The number of hydrogen-bond donors (Lipinski definition) is 0. The molecule has 1 rings (SSSR count). The van der Waals surface area contributed by atoms with Crippen molar-refractivity contribution in [2.24, 2.45) is 0 Å². The fourth-order valence-corrected chi connectivity index (χ4v) is 1.57. The molecular weight excluding hydrogens is 209 g/mol. The van der Waals surface area contributed by atoms with E-state index in [9.17, 15) is 18.0 Å². The average molecular weight is 224 g/mol. The van der Waals surface area contributed by atoms with Crippen molar-refractivity contribution in [3.05, 3.63) is 0 Å². The summed E-state index contributed by atoms with van der Waals surface area (Å²) in [4.78, 5) is 14.3. The van der Waals surface area contributed by atoms with Crippen LogP contribution in [0.15, 0.2) is 0 Å². The lowest BCUT2D eigenvalue weighted by atomic mass is 10.3. The molecule has 1 saturated heterocycles. The highest BCUT2D eigenvalue weighted by Gasteiger charge is 2.28. The molecule has 0 aromatic carbocycles. The second-order valence-electron chi connectivity index (χ2n) is 3.71. The van der Waals surface area contributed by atoms with E-state index in [-0.39, 0.29) is 12.5 Å². The predicted molar refractivity (Wildman–Crippen MR) is 49.4 cm³/mol. The molecule has 1 amide bonds. The first kappa shape index (κ1) is 12.3. The Morgan fingerprint density at radius 3 is 2.13 bits per heavy atom. The molecule has 1 fully saturated rings. The average Bonchev–Trinajstić information content (AvgIpc) is 2.14. The van der Waals surface area contributed by atoms with Crippen molar-refractivity contribution < 1.29 is 18.0 Å². The third kappa shape index (κ3) is 4.51. The number of nitrogens with zero attached hydrogens (tertiary/aromatic N) is 2. The van der Waals surface area contributed by atoms with Crippen LogP contribution in [-0.4, -0.2) is 54.6 Å². The van der Waals surface area contributed by atoms with Gasteiger partial charge in [-0.15, -0.1) is 0 Å². The van der Waals surface area contributed by atoms with E-state index in [4.69, 9.17) is 0 Å². The Morgan fingerprint density at radius 1 is 1.20 bits per heavy atom. The topological polar surface area (TPSA) is 23.6 Å². The van der Waals surface area contributed by atoms with Crippen LogP contribution in [0.3, 0.4) is 0 Å². The number of carbonyl (C=O) groups is 1. The summed E-state index contributed by atoms with van der Waals surface area (Å²) in [7, 11) is 0. The predicted octanol–water partition coefficient (Wildman–Crippen LogP) is 1.10. The number of carbonyl (C=O) groups excluding carboxylic acids is 1. The fourth-order valence-electron chi connectivity index (χ4n) is 1.57. The van der Waals surface area contributed by atoms with Crippen molar-refractivity contribution in [2.75, 3.05) is 32.7 Å². The molecule has 15 heavy (non-hydrogen) atoms. The molecule has 1 aliphatic heterocycles. The lowest BCUT2D eigenvalue weighted by Crippen LogP contribution is -2.48. The van der Waals surface area contributed by atoms with Crippen LogP contribution in [-0.2, 0) is 4.79 Å². The molecule has 3 nitrogen and oxygen atoms in total. The maximum atomic E-state index is 11.9. The molecular formula is C9H15F3N2O. The number of amides is 1. The van der Waals surface area contributed by atoms with Gasteiger partial charge in [0.05, 0.1) is 6.42 Å². The van der Waals surface area contributed by atoms with Crippen molar-refractivity contribution in [1.29, 1.82) is 0 Å². The van der Waals surface area contributed by atoms with Gasteiger partial charge in [0.15, 0.2) is 0 Å². The normalized spacial score (nSPS) is 19.3. The van der Waals surface area contributed by atoms with E-state index < -0.39 is 12.6 Å². The van der Waals surface area contributed by atoms with Crippen molar-refractivity contribution in [3.63, 3.8) is 0 Å². The summed E-state index contributed by atoms with van der Waals surface area (Å²) in [5.41, 5.74) is 0. The van der Waals surface area contributed by atoms with Gasteiger partial charge in [-0.25, -0.2) is 0 Å². The largest absolute Gasteiger partial charge is 0.390 e. The minimum absolute atomic E-state index is 0.00882. The molecule has 0 N–H and O–H groups in total. The maximum Gasteiger partial charge on any atom is 0.390 e.